The highest BCUT2D eigenvalue weighted by Gasteiger charge is 2.07. The first-order chi connectivity index (χ1) is 7.35. The Kier molecular flexibility index (Phi) is 7.93. The van der Waals surface area contributed by atoms with Gasteiger partial charge in [0.25, 0.3) is 0 Å². The van der Waals surface area contributed by atoms with Crippen LogP contribution < -0.4 is 5.32 Å². The number of hydrogen-bond acceptors (Lipinski definition) is 3. The van der Waals surface area contributed by atoms with Crippen molar-refractivity contribution in [2.45, 2.75) is 19.4 Å². The zero-order chi connectivity index (χ0) is 12.6. The second kappa shape index (κ2) is 8.01. The van der Waals surface area contributed by atoms with E-state index in [0.29, 0.717) is 0 Å². The van der Waals surface area contributed by atoms with E-state index in [-0.39, 0.29) is 6.10 Å². The Morgan fingerprint density at radius 1 is 1.25 bits per heavy atom. The molecule has 1 unspecified atom stereocenters. The van der Waals surface area contributed by atoms with Crippen LogP contribution in [-0.2, 0) is 0 Å². The van der Waals surface area contributed by atoms with Crippen molar-refractivity contribution in [1.29, 1.82) is 0 Å². The van der Waals surface area contributed by atoms with Crippen LogP contribution in [0.4, 0.5) is 0 Å². The van der Waals surface area contributed by atoms with Crippen molar-refractivity contribution in [2.75, 3.05) is 60.9 Å². The first-order valence-corrected chi connectivity index (χ1v) is 6.23. The van der Waals surface area contributed by atoms with E-state index in [1.165, 1.54) is 0 Å². The Morgan fingerprint density at radius 3 is 2.38 bits per heavy atom. The van der Waals surface area contributed by atoms with Crippen LogP contribution in [-0.4, -0.2) is 81.5 Å². The zero-order valence-electron chi connectivity index (χ0n) is 11.7. The standard InChI is InChI=1S/C12H30N3O/c1-6-12(16)11-14(2)9-7-13-8-10-15(3,4)5/h12-13,16H,6-11H2,1-5H3/q+1. The Bertz CT molecular complexity index is 168. The number of aliphatic hydroxyl groups is 1. The molecule has 0 heterocycles. The van der Waals surface area contributed by atoms with E-state index in [1.807, 2.05) is 6.92 Å². The van der Waals surface area contributed by atoms with E-state index >= 15 is 0 Å². The van der Waals surface area contributed by atoms with E-state index in [2.05, 4.69) is 38.4 Å². The van der Waals surface area contributed by atoms with Crippen molar-refractivity contribution in [3.63, 3.8) is 0 Å². The average Bonchev–Trinajstić information content (AvgIpc) is 2.15. The first-order valence-electron chi connectivity index (χ1n) is 6.23. The summed E-state index contributed by atoms with van der Waals surface area (Å²) < 4.78 is 0.997. The molecular weight excluding hydrogens is 202 g/mol. The molecule has 0 aliphatic heterocycles. The van der Waals surface area contributed by atoms with E-state index in [0.717, 1.165) is 43.6 Å². The summed E-state index contributed by atoms with van der Waals surface area (Å²) in [5, 5.41) is 12.9. The molecule has 0 bridgehead atoms. The number of likely N-dealkylation sites (N-methyl/N-ethyl adjacent to an activating group) is 2. The Labute approximate surface area is 101 Å². The van der Waals surface area contributed by atoms with E-state index in [4.69, 9.17) is 0 Å². The van der Waals surface area contributed by atoms with Gasteiger partial charge < -0.3 is 19.8 Å². The molecule has 0 spiro atoms. The van der Waals surface area contributed by atoms with Crippen molar-refractivity contribution in [2.24, 2.45) is 0 Å². The fraction of sp³-hybridized carbons (Fsp3) is 1.00. The molecule has 4 heteroatoms. The molecule has 0 aromatic rings. The topological polar surface area (TPSA) is 35.5 Å². The summed E-state index contributed by atoms with van der Waals surface area (Å²) in [5.74, 6) is 0. The van der Waals surface area contributed by atoms with Gasteiger partial charge in [-0.3, -0.25) is 0 Å². The maximum atomic E-state index is 9.47. The van der Waals surface area contributed by atoms with Crippen LogP contribution >= 0.6 is 0 Å². The van der Waals surface area contributed by atoms with Gasteiger partial charge in [-0.05, 0) is 13.5 Å². The van der Waals surface area contributed by atoms with E-state index in [9.17, 15) is 5.11 Å². The lowest BCUT2D eigenvalue weighted by atomic mass is 10.2. The molecule has 0 rings (SSSR count). The van der Waals surface area contributed by atoms with Gasteiger partial charge >= 0.3 is 0 Å². The van der Waals surface area contributed by atoms with Crippen molar-refractivity contribution in [3.05, 3.63) is 0 Å². The van der Waals surface area contributed by atoms with Gasteiger partial charge in [-0.2, -0.15) is 0 Å². The SMILES string of the molecule is CCC(O)CN(C)CCNCC[N+](C)(C)C. The predicted octanol–water partition coefficient (Wildman–Crippen LogP) is -0.0151. The molecule has 0 radical (unpaired) electrons. The molecule has 0 saturated heterocycles. The lowest BCUT2D eigenvalue weighted by molar-refractivity contribution is -0.869. The van der Waals surface area contributed by atoms with Gasteiger partial charge in [-0.25, -0.2) is 0 Å². The van der Waals surface area contributed by atoms with Crippen molar-refractivity contribution >= 4 is 0 Å². The summed E-state index contributed by atoms with van der Waals surface area (Å²) in [5.41, 5.74) is 0. The molecule has 0 aliphatic carbocycles. The molecule has 2 N–H and O–H groups in total. The van der Waals surface area contributed by atoms with Crippen LogP contribution in [0.15, 0.2) is 0 Å². The van der Waals surface area contributed by atoms with Gasteiger partial charge in [0.2, 0.25) is 0 Å². The Balaban J connectivity index is 3.38. The third-order valence-electron chi connectivity index (χ3n) is 2.62. The van der Waals surface area contributed by atoms with Crippen LogP contribution in [0.25, 0.3) is 0 Å². The third kappa shape index (κ3) is 10.4. The maximum absolute atomic E-state index is 9.47. The highest BCUT2D eigenvalue weighted by atomic mass is 16.3. The number of aliphatic hydroxyl groups excluding tert-OH is 1. The predicted molar refractivity (Wildman–Crippen MR) is 69.6 cm³/mol. The third-order valence-corrected chi connectivity index (χ3v) is 2.62. The number of nitrogens with zero attached hydrogens (tertiary/aromatic N) is 2. The van der Waals surface area contributed by atoms with Crippen LogP contribution in [0.2, 0.25) is 0 Å². The van der Waals surface area contributed by atoms with Gasteiger partial charge in [-0.15, -0.1) is 0 Å². The van der Waals surface area contributed by atoms with Crippen LogP contribution in [0.5, 0.6) is 0 Å². The average molecular weight is 232 g/mol. The van der Waals surface area contributed by atoms with Gasteiger partial charge in [0.1, 0.15) is 0 Å². The molecule has 4 nitrogen and oxygen atoms in total. The fourth-order valence-electron chi connectivity index (χ4n) is 1.39. The number of hydrogen-bond donors (Lipinski definition) is 2. The van der Waals surface area contributed by atoms with Gasteiger partial charge in [0.15, 0.2) is 0 Å². The smallest absolute Gasteiger partial charge is 0.0907 e. The zero-order valence-corrected chi connectivity index (χ0v) is 11.7. The van der Waals surface area contributed by atoms with Crippen LogP contribution in [0, 0.1) is 0 Å². The number of rotatable bonds is 9. The van der Waals surface area contributed by atoms with E-state index < -0.39 is 0 Å². The molecule has 0 aliphatic rings. The van der Waals surface area contributed by atoms with Crippen molar-refractivity contribution < 1.29 is 9.59 Å². The highest BCUT2D eigenvalue weighted by molar-refractivity contribution is 4.60. The quantitative estimate of drug-likeness (QED) is 0.433. The molecule has 1 atom stereocenters. The highest BCUT2D eigenvalue weighted by Crippen LogP contribution is 1.92. The molecule has 0 aromatic heterocycles. The number of quaternary nitrogens is 1. The maximum Gasteiger partial charge on any atom is 0.0907 e. The second-order valence-electron chi connectivity index (χ2n) is 5.59. The number of nitrogens with one attached hydrogen (secondary N) is 1. The summed E-state index contributed by atoms with van der Waals surface area (Å²) in [7, 11) is 8.66. The first kappa shape index (κ1) is 15.8. The lowest BCUT2D eigenvalue weighted by Crippen LogP contribution is -2.42. The van der Waals surface area contributed by atoms with Crippen LogP contribution in [0.3, 0.4) is 0 Å². The Morgan fingerprint density at radius 2 is 1.88 bits per heavy atom. The Hall–Kier alpha value is -0.160. The molecule has 0 aromatic carbocycles. The minimum atomic E-state index is -0.184. The summed E-state index contributed by atoms with van der Waals surface area (Å²) >= 11 is 0. The van der Waals surface area contributed by atoms with Gasteiger partial charge in [0, 0.05) is 26.2 Å². The van der Waals surface area contributed by atoms with Crippen molar-refractivity contribution in [3.8, 4) is 0 Å². The summed E-state index contributed by atoms with van der Waals surface area (Å²) in [4.78, 5) is 2.17. The molecule has 0 saturated carbocycles. The fourth-order valence-corrected chi connectivity index (χ4v) is 1.39. The summed E-state index contributed by atoms with van der Waals surface area (Å²) in [6.45, 7) is 6.96. The summed E-state index contributed by atoms with van der Waals surface area (Å²) in [6.07, 6.45) is 0.649. The molecule has 98 valence electrons. The minimum Gasteiger partial charge on any atom is -0.392 e. The van der Waals surface area contributed by atoms with Gasteiger partial charge in [0.05, 0.1) is 33.8 Å². The molecule has 0 amide bonds. The second-order valence-corrected chi connectivity index (χ2v) is 5.59. The normalized spacial score (nSPS) is 14.4. The van der Waals surface area contributed by atoms with Gasteiger partial charge in [-0.1, -0.05) is 6.92 Å². The van der Waals surface area contributed by atoms with Crippen molar-refractivity contribution in [1.82, 2.24) is 10.2 Å². The lowest BCUT2D eigenvalue weighted by Gasteiger charge is -2.24. The molecule has 16 heavy (non-hydrogen) atoms. The van der Waals surface area contributed by atoms with Crippen LogP contribution in [0.1, 0.15) is 13.3 Å². The molecule has 0 fully saturated rings. The molecular formula is C12H30N3O+. The monoisotopic (exact) mass is 232 g/mol. The largest absolute Gasteiger partial charge is 0.392 e. The minimum absolute atomic E-state index is 0.184. The summed E-state index contributed by atoms with van der Waals surface area (Å²) in [6, 6.07) is 0. The van der Waals surface area contributed by atoms with E-state index in [1.54, 1.807) is 0 Å².